The Morgan fingerprint density at radius 1 is 1.00 bits per heavy atom. The molecule has 3 atom stereocenters. The highest BCUT2D eigenvalue weighted by Gasteiger charge is 2.35. The fourth-order valence-corrected chi connectivity index (χ4v) is 7.05. The van der Waals surface area contributed by atoms with E-state index in [2.05, 4.69) is 25.9 Å². The van der Waals surface area contributed by atoms with Gasteiger partial charge in [-0.05, 0) is 67.9 Å². The molecule has 3 aromatic rings. The highest BCUT2D eigenvalue weighted by Crippen LogP contribution is 2.29. The summed E-state index contributed by atoms with van der Waals surface area (Å²) in [5.74, 6) is -2.79. The van der Waals surface area contributed by atoms with Crippen LogP contribution in [0.1, 0.15) is 77.6 Å². The summed E-state index contributed by atoms with van der Waals surface area (Å²) in [4.78, 5) is 58.1. The molecule has 0 spiro atoms. The van der Waals surface area contributed by atoms with Crippen molar-refractivity contribution < 1.29 is 23.6 Å². The monoisotopic (exact) mass is 665 g/mol. The fourth-order valence-electron chi connectivity index (χ4n) is 6.42. The van der Waals surface area contributed by atoms with Crippen LogP contribution in [0.5, 0.6) is 0 Å². The number of nitrogens with one attached hydrogen (secondary N) is 3. The number of amides is 4. The second-order valence-corrected chi connectivity index (χ2v) is 13.4. The Bertz CT molecular complexity index is 1550. The summed E-state index contributed by atoms with van der Waals surface area (Å²) in [6, 6.07) is 7.75. The van der Waals surface area contributed by atoms with Crippen molar-refractivity contribution in [3.63, 3.8) is 0 Å². The molecule has 1 unspecified atom stereocenters. The Morgan fingerprint density at radius 2 is 1.74 bits per heavy atom. The normalized spacial score (nSPS) is 17.8. The Labute approximate surface area is 278 Å². The number of halogens is 1. The van der Waals surface area contributed by atoms with Gasteiger partial charge in [0.05, 0.1) is 10.6 Å². The third-order valence-corrected chi connectivity index (χ3v) is 10.2. The molecule has 11 nitrogen and oxygen atoms in total. The van der Waals surface area contributed by atoms with E-state index < -0.39 is 35.6 Å². The molecule has 1 aliphatic carbocycles. The number of likely N-dealkylation sites (N-methyl/N-ethyl adjacent to an activating group) is 1. The van der Waals surface area contributed by atoms with E-state index >= 15 is 4.39 Å². The summed E-state index contributed by atoms with van der Waals surface area (Å²) in [6.07, 6.45) is 6.09. The van der Waals surface area contributed by atoms with E-state index in [1.54, 1.807) is 52.3 Å². The molecular formula is C34H44FN7O4S. The minimum absolute atomic E-state index is 0.0239. The maximum atomic E-state index is 15.7. The molecule has 1 aliphatic heterocycles. The van der Waals surface area contributed by atoms with Crippen molar-refractivity contribution >= 4 is 40.7 Å². The summed E-state index contributed by atoms with van der Waals surface area (Å²) in [5, 5.41) is 14.5. The maximum Gasteiger partial charge on any atom is 0.270 e. The molecule has 0 radical (unpaired) electrons. The first-order chi connectivity index (χ1) is 22.7. The van der Waals surface area contributed by atoms with Crippen LogP contribution in [0, 0.1) is 11.7 Å². The van der Waals surface area contributed by atoms with Crippen LogP contribution >= 0.6 is 11.3 Å². The topological polar surface area (TPSA) is 129 Å². The van der Waals surface area contributed by atoms with Crippen LogP contribution in [0.3, 0.4) is 0 Å². The van der Waals surface area contributed by atoms with Crippen molar-refractivity contribution in [2.75, 3.05) is 38.5 Å². The van der Waals surface area contributed by atoms with Crippen LogP contribution in [0.15, 0.2) is 48.0 Å². The van der Waals surface area contributed by atoms with Gasteiger partial charge in [-0.15, -0.1) is 11.3 Å². The average Bonchev–Trinajstić information content (AvgIpc) is 3.80. The molecule has 2 aliphatic rings. The minimum Gasteiger partial charge on any atom is -0.339 e. The van der Waals surface area contributed by atoms with Gasteiger partial charge < -0.3 is 25.8 Å². The van der Waals surface area contributed by atoms with E-state index in [1.165, 1.54) is 23.5 Å². The highest BCUT2D eigenvalue weighted by molar-refractivity contribution is 7.12. The van der Waals surface area contributed by atoms with Crippen molar-refractivity contribution in [2.24, 2.45) is 5.92 Å². The lowest BCUT2D eigenvalue weighted by Gasteiger charge is -2.36. The molecule has 252 valence electrons. The van der Waals surface area contributed by atoms with Crippen LogP contribution in [0.25, 0.3) is 0 Å². The number of piperazine rings is 1. The Balaban J connectivity index is 1.33. The zero-order valence-electron chi connectivity index (χ0n) is 27.2. The van der Waals surface area contributed by atoms with E-state index in [0.717, 1.165) is 45.2 Å². The van der Waals surface area contributed by atoms with E-state index in [-0.39, 0.29) is 23.4 Å². The lowest BCUT2D eigenvalue weighted by atomic mass is 9.83. The Morgan fingerprint density at radius 3 is 2.40 bits per heavy atom. The number of carbonyl (C=O) groups excluding carboxylic acids is 4. The van der Waals surface area contributed by atoms with Gasteiger partial charge in [-0.1, -0.05) is 38.3 Å². The quantitative estimate of drug-likeness (QED) is 0.283. The molecule has 2 fully saturated rings. The van der Waals surface area contributed by atoms with Gasteiger partial charge in [-0.3, -0.25) is 23.9 Å². The number of hydrogen-bond donors (Lipinski definition) is 3. The van der Waals surface area contributed by atoms with Crippen LogP contribution < -0.4 is 16.0 Å². The molecule has 5 rings (SSSR count). The second kappa shape index (κ2) is 15.7. The molecule has 1 aromatic carbocycles. The van der Waals surface area contributed by atoms with Gasteiger partial charge in [-0.2, -0.15) is 5.10 Å². The number of hydrogen-bond acceptors (Lipinski definition) is 7. The van der Waals surface area contributed by atoms with Gasteiger partial charge in [0.2, 0.25) is 11.8 Å². The largest absolute Gasteiger partial charge is 0.339 e. The molecule has 0 bridgehead atoms. The standard InChI is InChI=1S/C34H44FN7O4S/c1-4-42-27(14-15-36-42)31(43)39-30(23-9-6-5-7-10-23)33(45)37-26-13-12-24(21-25(26)35)22(2)29(38-32(44)28-11-8-20-47-28)34(46)41-18-16-40(3)17-19-41/h8,11-15,20-23,29-30H,4-7,9-10,16-19H2,1-3H3,(H,37,45)(H,38,44)(H,39,43)/t22-,29+,30?/m0/s1. The summed E-state index contributed by atoms with van der Waals surface area (Å²) in [6.45, 7) is 6.68. The summed E-state index contributed by atoms with van der Waals surface area (Å²) >= 11 is 1.28. The predicted molar refractivity (Wildman–Crippen MR) is 179 cm³/mol. The summed E-state index contributed by atoms with van der Waals surface area (Å²) < 4.78 is 17.3. The molecule has 3 heterocycles. The Kier molecular flexibility index (Phi) is 11.4. The summed E-state index contributed by atoms with van der Waals surface area (Å²) in [7, 11) is 2.00. The first-order valence-corrected chi connectivity index (χ1v) is 17.3. The van der Waals surface area contributed by atoms with E-state index in [1.807, 2.05) is 14.0 Å². The number of anilines is 1. The number of nitrogens with zero attached hydrogens (tertiary/aromatic N) is 4. The SMILES string of the molecule is CCn1nccc1C(=O)NC(C(=O)Nc1ccc([C@H](C)[C@@H](NC(=O)c2cccs2)C(=O)N2CCN(C)CC2)cc1F)C1CCCCC1. The van der Waals surface area contributed by atoms with Crippen LogP contribution in [0.4, 0.5) is 10.1 Å². The number of aromatic nitrogens is 2. The molecular weight excluding hydrogens is 621 g/mol. The zero-order chi connectivity index (χ0) is 33.5. The number of rotatable bonds is 11. The predicted octanol–water partition coefficient (Wildman–Crippen LogP) is 4.10. The first-order valence-electron chi connectivity index (χ1n) is 16.4. The maximum absolute atomic E-state index is 15.7. The molecule has 47 heavy (non-hydrogen) atoms. The van der Waals surface area contributed by atoms with Crippen molar-refractivity contribution in [3.8, 4) is 0 Å². The smallest absolute Gasteiger partial charge is 0.270 e. The third-order valence-electron chi connectivity index (χ3n) is 9.33. The minimum atomic E-state index is -0.921. The Hall–Kier alpha value is -4.10. The number of aryl methyl sites for hydroxylation is 1. The number of thiophene rings is 1. The lowest BCUT2D eigenvalue weighted by molar-refractivity contribution is -0.135. The molecule has 1 saturated heterocycles. The van der Waals surface area contributed by atoms with Crippen LogP contribution in [-0.2, 0) is 16.1 Å². The van der Waals surface area contributed by atoms with Gasteiger partial charge in [0.15, 0.2) is 0 Å². The van der Waals surface area contributed by atoms with Gasteiger partial charge in [0.25, 0.3) is 11.8 Å². The van der Waals surface area contributed by atoms with Gasteiger partial charge >= 0.3 is 0 Å². The molecule has 13 heteroatoms. The van der Waals surface area contributed by atoms with Gasteiger partial charge in [0, 0.05) is 44.8 Å². The molecule has 1 saturated carbocycles. The zero-order valence-corrected chi connectivity index (χ0v) is 28.0. The van der Waals surface area contributed by atoms with Gasteiger partial charge in [0.1, 0.15) is 23.6 Å². The van der Waals surface area contributed by atoms with E-state index in [9.17, 15) is 19.2 Å². The third kappa shape index (κ3) is 8.25. The van der Waals surface area contributed by atoms with Crippen LogP contribution in [-0.4, -0.2) is 88.5 Å². The van der Waals surface area contributed by atoms with Crippen molar-refractivity contribution in [2.45, 2.75) is 70.5 Å². The van der Waals surface area contributed by atoms with Crippen LogP contribution in [0.2, 0.25) is 0 Å². The number of carbonyl (C=O) groups is 4. The fraction of sp³-hybridized carbons (Fsp3) is 0.500. The second-order valence-electron chi connectivity index (χ2n) is 12.5. The van der Waals surface area contributed by atoms with Crippen molar-refractivity contribution in [3.05, 3.63) is 69.9 Å². The van der Waals surface area contributed by atoms with E-state index in [4.69, 9.17) is 0 Å². The molecule has 2 aromatic heterocycles. The first kappa shape index (κ1) is 34.2. The number of benzene rings is 1. The van der Waals surface area contributed by atoms with Gasteiger partial charge in [-0.25, -0.2) is 4.39 Å². The lowest BCUT2D eigenvalue weighted by Crippen LogP contribution is -2.55. The van der Waals surface area contributed by atoms with E-state index in [0.29, 0.717) is 35.8 Å². The van der Waals surface area contributed by atoms with Crippen molar-refractivity contribution in [1.29, 1.82) is 0 Å². The van der Waals surface area contributed by atoms with Crippen molar-refractivity contribution in [1.82, 2.24) is 30.2 Å². The molecule has 3 N–H and O–H groups in total. The summed E-state index contributed by atoms with van der Waals surface area (Å²) in [5.41, 5.74) is 0.839. The highest BCUT2D eigenvalue weighted by atomic mass is 32.1. The molecule has 4 amide bonds. The average molecular weight is 666 g/mol.